The second-order valence-electron chi connectivity index (χ2n) is 2.86. The molecule has 0 spiro atoms. The average molecular weight is 218 g/mol. The molecule has 2 radical (unpaired) electrons. The van der Waals surface area contributed by atoms with E-state index in [1.165, 1.54) is 7.11 Å². The van der Waals surface area contributed by atoms with Crippen LogP contribution in [-0.4, -0.2) is 26.9 Å². The van der Waals surface area contributed by atoms with Crippen molar-refractivity contribution in [2.24, 2.45) is 4.99 Å². The number of carbonyl (C=O) groups is 1. The fourth-order valence-electron chi connectivity index (χ4n) is 0.972. The normalized spacial score (nSPS) is 10.9. The van der Waals surface area contributed by atoms with Crippen LogP contribution in [0.1, 0.15) is 5.56 Å². The van der Waals surface area contributed by atoms with Gasteiger partial charge < -0.3 is 14.6 Å². The predicted molar refractivity (Wildman–Crippen MR) is 56.5 cm³/mol. The number of hydrogen-bond acceptors (Lipinski definition) is 5. The Morgan fingerprint density at radius 2 is 2.06 bits per heavy atom. The molecule has 6 heteroatoms. The first-order valence-electron chi connectivity index (χ1n) is 4.42. The van der Waals surface area contributed by atoms with E-state index in [2.05, 4.69) is 14.5 Å². The maximum absolute atomic E-state index is 10.8. The average Bonchev–Trinajstić information content (AvgIpc) is 2.28. The molecule has 0 saturated carbocycles. The van der Waals surface area contributed by atoms with Crippen molar-refractivity contribution in [3.8, 4) is 0 Å². The molecule has 0 heterocycles. The Labute approximate surface area is 94.1 Å². The van der Waals surface area contributed by atoms with Gasteiger partial charge in [0.2, 0.25) is 13.7 Å². The van der Waals surface area contributed by atoms with Crippen LogP contribution in [-0.2, 0) is 16.1 Å². The van der Waals surface area contributed by atoms with Crippen LogP contribution in [0.5, 0.6) is 0 Å². The molecular formula is C10H9BNO4-. The number of hydrogen-bond donors (Lipinski definition) is 0. The van der Waals surface area contributed by atoms with Crippen molar-refractivity contribution in [1.29, 1.82) is 0 Å². The molecule has 0 aliphatic rings. The van der Waals surface area contributed by atoms with Crippen molar-refractivity contribution in [3.05, 3.63) is 29.8 Å². The van der Waals surface area contributed by atoms with Crippen molar-refractivity contribution >= 4 is 25.5 Å². The maximum Gasteiger partial charge on any atom is 0.236 e. The van der Waals surface area contributed by atoms with Gasteiger partial charge in [-0.25, -0.2) is 4.99 Å². The van der Waals surface area contributed by atoms with E-state index < -0.39 is 12.0 Å². The molecule has 1 aromatic carbocycles. The smallest absolute Gasteiger partial charge is 0.236 e. The van der Waals surface area contributed by atoms with Crippen molar-refractivity contribution < 1.29 is 19.4 Å². The largest absolute Gasteiger partial charge is 0.603 e. The molecule has 1 rings (SSSR count). The summed E-state index contributed by atoms with van der Waals surface area (Å²) in [5, 5.41) is 10.8. The number of rotatable bonds is 3. The number of benzene rings is 1. The molecule has 0 bridgehead atoms. The van der Waals surface area contributed by atoms with Gasteiger partial charge in [-0.05, 0) is 24.8 Å². The molecule has 0 atom stereocenters. The monoisotopic (exact) mass is 218 g/mol. The number of aliphatic imine (C=N–C) groups is 1. The van der Waals surface area contributed by atoms with Crippen LogP contribution in [0.4, 0.5) is 10.5 Å². The van der Waals surface area contributed by atoms with E-state index in [9.17, 15) is 9.90 Å². The second kappa shape index (κ2) is 5.80. The summed E-state index contributed by atoms with van der Waals surface area (Å²) in [6.45, 7) is 0.0911. The van der Waals surface area contributed by atoms with Crippen LogP contribution in [0.25, 0.3) is 0 Å². The van der Waals surface area contributed by atoms with E-state index in [4.69, 9.17) is 7.85 Å². The van der Waals surface area contributed by atoms with Gasteiger partial charge in [0.1, 0.15) is 6.61 Å². The molecule has 0 saturated heterocycles. The third-order valence-corrected chi connectivity index (χ3v) is 1.71. The number of nitrogens with zero attached hydrogens (tertiary/aromatic N) is 1. The van der Waals surface area contributed by atoms with Gasteiger partial charge in [-0.1, -0.05) is 12.1 Å². The van der Waals surface area contributed by atoms with E-state index in [0.29, 0.717) is 5.69 Å². The summed E-state index contributed by atoms with van der Waals surface area (Å²) in [7, 11) is 6.06. The Morgan fingerprint density at radius 1 is 1.44 bits per heavy atom. The lowest BCUT2D eigenvalue weighted by atomic mass is 10.2. The summed E-state index contributed by atoms with van der Waals surface area (Å²) in [4.78, 5) is 14.0. The first kappa shape index (κ1) is 12.1. The zero-order valence-electron chi connectivity index (χ0n) is 8.67. The summed E-state index contributed by atoms with van der Waals surface area (Å²) in [6.07, 6.45) is -0.666. The highest BCUT2D eigenvalue weighted by Crippen LogP contribution is 2.13. The first-order valence-corrected chi connectivity index (χ1v) is 4.42. The molecule has 0 N–H and O–H groups in total. The van der Waals surface area contributed by atoms with Crippen LogP contribution in [0.15, 0.2) is 29.3 Å². The summed E-state index contributed by atoms with van der Waals surface area (Å²) >= 11 is 0. The highest BCUT2D eigenvalue weighted by atomic mass is 16.6. The van der Waals surface area contributed by atoms with Gasteiger partial charge in [-0.15, -0.1) is 0 Å². The Balaban J connectivity index is 2.64. The van der Waals surface area contributed by atoms with E-state index in [-0.39, 0.29) is 6.61 Å². The van der Waals surface area contributed by atoms with Gasteiger partial charge in [0, 0.05) is 0 Å². The Hall–Kier alpha value is -1.98. The third-order valence-electron chi connectivity index (χ3n) is 1.71. The maximum atomic E-state index is 10.8. The second-order valence-corrected chi connectivity index (χ2v) is 2.86. The lowest BCUT2D eigenvalue weighted by Crippen LogP contribution is -2.18. The van der Waals surface area contributed by atoms with Gasteiger partial charge >= 0.3 is 0 Å². The van der Waals surface area contributed by atoms with Crippen LogP contribution in [0.2, 0.25) is 0 Å². The quantitative estimate of drug-likeness (QED) is 0.420. The summed E-state index contributed by atoms with van der Waals surface area (Å²) < 4.78 is 8.96. The van der Waals surface area contributed by atoms with Gasteiger partial charge in [-0.2, -0.15) is 0 Å². The minimum atomic E-state index is -0.830. The number of ether oxygens (including phenoxy) is 2. The summed E-state index contributed by atoms with van der Waals surface area (Å²) in [5.74, 6) is -0.830. The van der Waals surface area contributed by atoms with Gasteiger partial charge in [-0.3, -0.25) is 4.79 Å². The van der Waals surface area contributed by atoms with Crippen molar-refractivity contribution in [3.63, 3.8) is 0 Å². The van der Waals surface area contributed by atoms with Crippen molar-refractivity contribution in [2.75, 3.05) is 7.11 Å². The summed E-state index contributed by atoms with van der Waals surface area (Å²) in [5.41, 5.74) is 1.22. The van der Waals surface area contributed by atoms with E-state index in [1.54, 1.807) is 24.3 Å². The van der Waals surface area contributed by atoms with Crippen LogP contribution < -0.4 is 5.11 Å². The van der Waals surface area contributed by atoms with Crippen LogP contribution >= 0.6 is 0 Å². The molecule has 0 aliphatic heterocycles. The molecule has 16 heavy (non-hydrogen) atoms. The Morgan fingerprint density at radius 3 is 2.56 bits per heavy atom. The fourth-order valence-corrected chi connectivity index (χ4v) is 0.972. The highest BCUT2D eigenvalue weighted by molar-refractivity contribution is 6.55. The lowest BCUT2D eigenvalue weighted by Gasteiger charge is -2.07. The molecule has 0 aliphatic carbocycles. The molecule has 5 nitrogen and oxygen atoms in total. The van der Waals surface area contributed by atoms with E-state index in [1.807, 2.05) is 0 Å². The van der Waals surface area contributed by atoms with Gasteiger partial charge in [0.05, 0.1) is 5.69 Å². The lowest BCUT2D eigenvalue weighted by molar-refractivity contribution is -0.247. The predicted octanol–water partition coefficient (Wildman–Crippen LogP) is 0.486. The zero-order valence-corrected chi connectivity index (χ0v) is 8.67. The fraction of sp³-hybridized carbons (Fsp3) is 0.200. The minimum Gasteiger partial charge on any atom is -0.603 e. The third kappa shape index (κ3) is 4.04. The first-order chi connectivity index (χ1) is 7.61. The SMILES string of the molecule is [B]C(=O)OCc1ccc(N=C([O-])OC)cc1. The molecule has 0 unspecified atom stereocenters. The number of methoxy groups -OCH3 is 1. The van der Waals surface area contributed by atoms with Gasteiger partial charge in [0.25, 0.3) is 0 Å². The Bertz CT molecular complexity index is 388. The summed E-state index contributed by atoms with van der Waals surface area (Å²) in [6, 6.07) is 6.56. The molecule has 0 aromatic heterocycles. The molecule has 82 valence electrons. The van der Waals surface area contributed by atoms with E-state index in [0.717, 1.165) is 5.56 Å². The molecule has 0 fully saturated rings. The highest BCUT2D eigenvalue weighted by Gasteiger charge is 1.96. The molecule has 0 amide bonds. The molecular weight excluding hydrogens is 209 g/mol. The van der Waals surface area contributed by atoms with Crippen molar-refractivity contribution in [1.82, 2.24) is 0 Å². The zero-order chi connectivity index (χ0) is 12.0. The Kier molecular flexibility index (Phi) is 4.38. The van der Waals surface area contributed by atoms with Crippen LogP contribution in [0, 0.1) is 0 Å². The van der Waals surface area contributed by atoms with Crippen LogP contribution in [0.3, 0.4) is 0 Å². The topological polar surface area (TPSA) is 71.0 Å². The minimum absolute atomic E-state index is 0.0911. The number of carbonyl (C=O) groups excluding carboxylic acids is 1. The van der Waals surface area contributed by atoms with Gasteiger partial charge in [0.15, 0.2) is 6.08 Å². The standard InChI is InChI=1S/C10H10BNO4/c1-15-10(14)12-8-4-2-7(3-5-8)6-16-9(11)13/h2-5H,6H2,1H3,(H,12,14)/p-1. The molecule has 1 aromatic rings. The van der Waals surface area contributed by atoms with E-state index >= 15 is 0 Å². The van der Waals surface area contributed by atoms with Crippen molar-refractivity contribution in [2.45, 2.75) is 6.61 Å².